The summed E-state index contributed by atoms with van der Waals surface area (Å²) in [5, 5.41) is 3.08. The van der Waals surface area contributed by atoms with Crippen molar-refractivity contribution >= 4 is 20.9 Å². The van der Waals surface area contributed by atoms with E-state index in [1.165, 1.54) is 6.26 Å². The molecule has 0 spiro atoms. The van der Waals surface area contributed by atoms with E-state index in [1.807, 2.05) is 48.5 Å². The Balaban J connectivity index is 1.70. The van der Waals surface area contributed by atoms with E-state index in [0.29, 0.717) is 31.6 Å². The number of nitrogens with one attached hydrogen (secondary N) is 1. The number of rotatable bonds is 8. The highest BCUT2D eigenvalue weighted by molar-refractivity contribution is 7.90. The van der Waals surface area contributed by atoms with Gasteiger partial charge in [0.25, 0.3) is 0 Å². The summed E-state index contributed by atoms with van der Waals surface area (Å²) in [6, 6.07) is 15.7. The van der Waals surface area contributed by atoms with E-state index >= 15 is 0 Å². The molecule has 1 aromatic heterocycles. The zero-order chi connectivity index (χ0) is 18.6. The average molecular weight is 374 g/mol. The Bertz CT molecular complexity index is 1040. The normalized spacial score (nSPS) is 11.9. The third-order valence-electron chi connectivity index (χ3n) is 4.16. The average Bonchev–Trinajstić information content (AvgIpc) is 2.92. The van der Waals surface area contributed by atoms with Crippen molar-refractivity contribution in [1.82, 2.24) is 9.88 Å². The van der Waals surface area contributed by atoms with Gasteiger partial charge in [0.05, 0.1) is 11.3 Å². The van der Waals surface area contributed by atoms with Crippen molar-refractivity contribution in [2.24, 2.45) is 0 Å². The van der Waals surface area contributed by atoms with Gasteiger partial charge in [-0.3, -0.25) is 4.57 Å². The predicted octanol–water partition coefficient (Wildman–Crippen LogP) is 2.29. The summed E-state index contributed by atoms with van der Waals surface area (Å²) in [5.74, 6) is -0.261. The molecule has 0 amide bonds. The second-order valence-corrected chi connectivity index (χ2v) is 8.56. The number of sulfone groups is 1. The lowest BCUT2D eigenvalue weighted by Gasteiger charge is -2.06. The number of aryl methyl sites for hydroxylation is 1. The SMILES string of the molecule is CS(=O)(=O)CCNCCCn1c(=O)oc2ccc(-c3ccccc3)cc21. The molecule has 0 aliphatic heterocycles. The first-order chi connectivity index (χ1) is 12.4. The fraction of sp³-hybridized carbons (Fsp3) is 0.316. The van der Waals surface area contributed by atoms with Crippen LogP contribution < -0.4 is 11.1 Å². The summed E-state index contributed by atoms with van der Waals surface area (Å²) in [5.41, 5.74) is 3.45. The third kappa shape index (κ3) is 4.62. The summed E-state index contributed by atoms with van der Waals surface area (Å²) >= 11 is 0. The maximum atomic E-state index is 12.1. The Kier molecular flexibility index (Phi) is 5.58. The molecule has 0 radical (unpaired) electrons. The van der Waals surface area contributed by atoms with Crippen LogP contribution in [0.15, 0.2) is 57.7 Å². The van der Waals surface area contributed by atoms with Crippen LogP contribution >= 0.6 is 0 Å². The Labute approximate surface area is 152 Å². The number of hydrogen-bond donors (Lipinski definition) is 1. The van der Waals surface area contributed by atoms with E-state index in [1.54, 1.807) is 4.57 Å². The fourth-order valence-electron chi connectivity index (χ4n) is 2.83. The van der Waals surface area contributed by atoms with Crippen molar-refractivity contribution in [2.45, 2.75) is 13.0 Å². The molecule has 6 nitrogen and oxygen atoms in total. The first-order valence-electron chi connectivity index (χ1n) is 8.51. The molecule has 0 unspecified atom stereocenters. The van der Waals surface area contributed by atoms with Gasteiger partial charge in [0.2, 0.25) is 0 Å². The Morgan fingerprint density at radius 3 is 2.54 bits per heavy atom. The van der Waals surface area contributed by atoms with Crippen LogP contribution in [-0.4, -0.2) is 38.1 Å². The van der Waals surface area contributed by atoms with Crippen LogP contribution in [0.1, 0.15) is 6.42 Å². The summed E-state index contributed by atoms with van der Waals surface area (Å²) in [6.45, 7) is 1.56. The second-order valence-electron chi connectivity index (χ2n) is 6.30. The molecule has 0 bridgehead atoms. The van der Waals surface area contributed by atoms with Gasteiger partial charge in [-0.15, -0.1) is 0 Å². The standard InChI is InChI=1S/C19H22N2O4S/c1-26(23,24)13-11-20-10-5-12-21-17-14-16(15-6-3-2-4-7-15)8-9-18(17)25-19(21)22/h2-4,6-9,14,20H,5,10-13H2,1H3. The van der Waals surface area contributed by atoms with Crippen molar-refractivity contribution in [3.8, 4) is 11.1 Å². The third-order valence-corrected chi connectivity index (χ3v) is 5.11. The molecule has 0 aliphatic carbocycles. The van der Waals surface area contributed by atoms with Crippen LogP contribution in [0, 0.1) is 0 Å². The molecule has 0 saturated heterocycles. The monoisotopic (exact) mass is 374 g/mol. The molecule has 1 heterocycles. The van der Waals surface area contributed by atoms with Crippen molar-refractivity contribution in [1.29, 1.82) is 0 Å². The van der Waals surface area contributed by atoms with E-state index in [4.69, 9.17) is 4.42 Å². The van der Waals surface area contributed by atoms with Gasteiger partial charge in [0.15, 0.2) is 5.58 Å². The number of nitrogens with zero attached hydrogens (tertiary/aromatic N) is 1. The topological polar surface area (TPSA) is 81.3 Å². The number of hydrogen-bond acceptors (Lipinski definition) is 5. The van der Waals surface area contributed by atoms with E-state index in [9.17, 15) is 13.2 Å². The summed E-state index contributed by atoms with van der Waals surface area (Å²) in [7, 11) is -2.95. The molecule has 7 heteroatoms. The van der Waals surface area contributed by atoms with Crippen molar-refractivity contribution in [3.63, 3.8) is 0 Å². The minimum absolute atomic E-state index is 0.113. The molecule has 1 N–H and O–H groups in total. The molecule has 0 fully saturated rings. The van der Waals surface area contributed by atoms with Gasteiger partial charge >= 0.3 is 5.76 Å². The van der Waals surface area contributed by atoms with Crippen LogP contribution in [0.2, 0.25) is 0 Å². The van der Waals surface area contributed by atoms with E-state index in [0.717, 1.165) is 16.6 Å². The molecule has 0 aliphatic rings. The highest BCUT2D eigenvalue weighted by Crippen LogP contribution is 2.24. The number of oxazole rings is 1. The van der Waals surface area contributed by atoms with Crippen LogP contribution in [0.25, 0.3) is 22.2 Å². The summed E-state index contributed by atoms with van der Waals surface area (Å²) < 4.78 is 29.1. The molecule has 2 aromatic carbocycles. The number of aromatic nitrogens is 1. The van der Waals surface area contributed by atoms with Gasteiger partial charge in [-0.25, -0.2) is 13.2 Å². The van der Waals surface area contributed by atoms with Crippen molar-refractivity contribution in [3.05, 3.63) is 59.1 Å². The van der Waals surface area contributed by atoms with Crippen LogP contribution in [-0.2, 0) is 16.4 Å². The van der Waals surface area contributed by atoms with Gasteiger partial charge < -0.3 is 9.73 Å². The van der Waals surface area contributed by atoms with Gasteiger partial charge in [0.1, 0.15) is 9.84 Å². The summed E-state index contributed by atoms with van der Waals surface area (Å²) in [4.78, 5) is 12.1. The number of benzene rings is 2. The van der Waals surface area contributed by atoms with Gasteiger partial charge in [-0.2, -0.15) is 0 Å². The fourth-order valence-corrected chi connectivity index (χ4v) is 3.34. The first kappa shape index (κ1) is 18.4. The van der Waals surface area contributed by atoms with Gasteiger partial charge in [0, 0.05) is 19.3 Å². The largest absolute Gasteiger partial charge is 0.419 e. The molecule has 3 rings (SSSR count). The quantitative estimate of drug-likeness (QED) is 0.612. The Morgan fingerprint density at radius 2 is 1.81 bits per heavy atom. The van der Waals surface area contributed by atoms with Crippen LogP contribution in [0.3, 0.4) is 0 Å². The molecular formula is C19H22N2O4S. The lowest BCUT2D eigenvalue weighted by Crippen LogP contribution is -2.25. The van der Waals surface area contributed by atoms with Crippen LogP contribution in [0.5, 0.6) is 0 Å². The van der Waals surface area contributed by atoms with Crippen molar-refractivity contribution in [2.75, 3.05) is 25.1 Å². The van der Waals surface area contributed by atoms with Crippen molar-refractivity contribution < 1.29 is 12.8 Å². The molecule has 26 heavy (non-hydrogen) atoms. The molecule has 138 valence electrons. The molecule has 0 atom stereocenters. The maximum Gasteiger partial charge on any atom is 0.419 e. The first-order valence-corrected chi connectivity index (χ1v) is 10.6. The number of fused-ring (bicyclic) bond motifs is 1. The summed E-state index contributed by atoms with van der Waals surface area (Å²) in [6.07, 6.45) is 1.92. The lowest BCUT2D eigenvalue weighted by atomic mass is 10.1. The van der Waals surface area contributed by atoms with E-state index < -0.39 is 9.84 Å². The van der Waals surface area contributed by atoms with Gasteiger partial charge in [-0.1, -0.05) is 36.4 Å². The van der Waals surface area contributed by atoms with Crippen LogP contribution in [0.4, 0.5) is 0 Å². The molecule has 3 aromatic rings. The predicted molar refractivity (Wildman–Crippen MR) is 103 cm³/mol. The minimum Gasteiger partial charge on any atom is -0.408 e. The maximum absolute atomic E-state index is 12.1. The molecule has 0 saturated carbocycles. The zero-order valence-electron chi connectivity index (χ0n) is 14.6. The smallest absolute Gasteiger partial charge is 0.408 e. The minimum atomic E-state index is -2.95. The lowest BCUT2D eigenvalue weighted by molar-refractivity contribution is 0.492. The van der Waals surface area contributed by atoms with E-state index in [2.05, 4.69) is 5.32 Å². The Hall–Kier alpha value is -2.38. The Morgan fingerprint density at radius 1 is 1.04 bits per heavy atom. The molecular weight excluding hydrogens is 352 g/mol. The zero-order valence-corrected chi connectivity index (χ0v) is 15.5. The highest BCUT2D eigenvalue weighted by Gasteiger charge is 2.10. The van der Waals surface area contributed by atoms with Gasteiger partial charge in [-0.05, 0) is 36.2 Å². The highest BCUT2D eigenvalue weighted by atomic mass is 32.2. The van der Waals surface area contributed by atoms with E-state index in [-0.39, 0.29) is 11.5 Å². The second kappa shape index (κ2) is 7.88.